The Morgan fingerprint density at radius 3 is 2.60 bits per heavy atom. The number of aryl methyl sites for hydroxylation is 1. The molecule has 0 unspecified atom stereocenters. The van der Waals surface area contributed by atoms with Gasteiger partial charge in [-0.2, -0.15) is 0 Å². The van der Waals surface area contributed by atoms with Gasteiger partial charge in [0.15, 0.2) is 5.60 Å². The molecule has 2 rings (SSSR count). The van der Waals surface area contributed by atoms with Gasteiger partial charge >= 0.3 is 5.97 Å². The van der Waals surface area contributed by atoms with Gasteiger partial charge in [0.25, 0.3) is 5.91 Å². The Hall–Kier alpha value is -2.08. The monoisotopic (exact) mass is 349 g/mol. The van der Waals surface area contributed by atoms with Crippen LogP contribution < -0.4 is 9.64 Å². The lowest BCUT2D eigenvalue weighted by Crippen LogP contribution is -2.57. The first-order valence-electron chi connectivity index (χ1n) is 8.60. The Morgan fingerprint density at radius 1 is 1.36 bits per heavy atom. The van der Waals surface area contributed by atoms with Crippen molar-refractivity contribution in [2.75, 3.05) is 25.2 Å². The summed E-state index contributed by atoms with van der Waals surface area (Å²) in [7, 11) is 1.65. The molecule has 1 amide bonds. The standard InChI is InChI=1S/C19H27NO5/c1-12(2)19(4)18(23)20(8-6-7-9-24-5)15-11-14(17(21)22)13(3)10-16(15)25-19/h10-12H,6-9H2,1-5H3,(H,21,22)/t19-/m1/s1. The second-order valence-corrected chi connectivity index (χ2v) is 6.96. The van der Waals surface area contributed by atoms with Gasteiger partial charge in [-0.05, 0) is 44.4 Å². The van der Waals surface area contributed by atoms with Crippen LogP contribution in [0, 0.1) is 12.8 Å². The third-order valence-corrected chi connectivity index (χ3v) is 4.90. The third kappa shape index (κ3) is 3.63. The number of carboxylic acids is 1. The van der Waals surface area contributed by atoms with Crippen molar-refractivity contribution in [2.24, 2.45) is 5.92 Å². The van der Waals surface area contributed by atoms with Crippen LogP contribution in [0.1, 0.15) is 49.5 Å². The summed E-state index contributed by atoms with van der Waals surface area (Å²) in [5.41, 5.74) is 0.366. The van der Waals surface area contributed by atoms with Gasteiger partial charge in [-0.3, -0.25) is 4.79 Å². The zero-order chi connectivity index (χ0) is 18.8. The molecule has 0 bridgehead atoms. The fraction of sp³-hybridized carbons (Fsp3) is 0.579. The highest BCUT2D eigenvalue weighted by molar-refractivity contribution is 6.04. The molecule has 0 aromatic heterocycles. The van der Waals surface area contributed by atoms with Crippen molar-refractivity contribution in [3.63, 3.8) is 0 Å². The highest BCUT2D eigenvalue weighted by Crippen LogP contribution is 2.42. The summed E-state index contributed by atoms with van der Waals surface area (Å²) in [6.07, 6.45) is 1.59. The van der Waals surface area contributed by atoms with E-state index in [9.17, 15) is 14.7 Å². The number of hydrogen-bond acceptors (Lipinski definition) is 4. The van der Waals surface area contributed by atoms with Crippen molar-refractivity contribution >= 4 is 17.6 Å². The van der Waals surface area contributed by atoms with E-state index in [4.69, 9.17) is 9.47 Å². The number of anilines is 1. The Bertz CT molecular complexity index is 670. The molecule has 1 aromatic rings. The van der Waals surface area contributed by atoms with E-state index in [2.05, 4.69) is 0 Å². The van der Waals surface area contributed by atoms with E-state index in [-0.39, 0.29) is 17.4 Å². The lowest BCUT2D eigenvalue weighted by molar-refractivity contribution is -0.137. The fourth-order valence-electron chi connectivity index (χ4n) is 2.95. The maximum absolute atomic E-state index is 13.1. The van der Waals surface area contributed by atoms with Gasteiger partial charge in [-0.15, -0.1) is 0 Å². The lowest BCUT2D eigenvalue weighted by Gasteiger charge is -2.43. The van der Waals surface area contributed by atoms with E-state index < -0.39 is 11.6 Å². The smallest absolute Gasteiger partial charge is 0.336 e. The van der Waals surface area contributed by atoms with Gasteiger partial charge in [-0.1, -0.05) is 13.8 Å². The molecular formula is C19H27NO5. The summed E-state index contributed by atoms with van der Waals surface area (Å²) in [6, 6.07) is 3.26. The van der Waals surface area contributed by atoms with Gasteiger partial charge in [0.1, 0.15) is 5.75 Å². The maximum Gasteiger partial charge on any atom is 0.336 e. The quantitative estimate of drug-likeness (QED) is 0.765. The molecule has 1 aromatic carbocycles. The third-order valence-electron chi connectivity index (χ3n) is 4.90. The second-order valence-electron chi connectivity index (χ2n) is 6.96. The number of carboxylic acid groups (broad SMARTS) is 1. The number of fused-ring (bicyclic) bond motifs is 1. The summed E-state index contributed by atoms with van der Waals surface area (Å²) in [6.45, 7) is 8.56. The molecular weight excluding hydrogens is 322 g/mol. The largest absolute Gasteiger partial charge is 0.478 e. The van der Waals surface area contributed by atoms with Crippen LogP contribution in [0.15, 0.2) is 12.1 Å². The van der Waals surface area contributed by atoms with Gasteiger partial charge in [-0.25, -0.2) is 4.79 Å². The number of carbonyl (C=O) groups is 2. The van der Waals surface area contributed by atoms with Crippen LogP contribution in [0.2, 0.25) is 0 Å². The van der Waals surface area contributed by atoms with Crippen molar-refractivity contribution in [3.05, 3.63) is 23.3 Å². The van der Waals surface area contributed by atoms with Gasteiger partial charge in [0.05, 0.1) is 11.3 Å². The van der Waals surface area contributed by atoms with Crippen molar-refractivity contribution in [1.82, 2.24) is 0 Å². The minimum absolute atomic E-state index is 0.0194. The number of aromatic carboxylic acids is 1. The number of rotatable bonds is 7. The number of methoxy groups -OCH3 is 1. The van der Waals surface area contributed by atoms with E-state index in [0.29, 0.717) is 30.2 Å². The Kier molecular flexibility index (Phi) is 5.72. The van der Waals surface area contributed by atoms with E-state index in [1.165, 1.54) is 0 Å². The molecule has 25 heavy (non-hydrogen) atoms. The summed E-state index contributed by atoms with van der Waals surface area (Å²) in [4.78, 5) is 26.2. The van der Waals surface area contributed by atoms with E-state index >= 15 is 0 Å². The molecule has 0 saturated heterocycles. The predicted octanol–water partition coefficient (Wildman–Crippen LogP) is 3.26. The van der Waals surface area contributed by atoms with Crippen LogP contribution in [0.25, 0.3) is 0 Å². The zero-order valence-electron chi connectivity index (χ0n) is 15.6. The fourth-order valence-corrected chi connectivity index (χ4v) is 2.95. The van der Waals surface area contributed by atoms with E-state index in [1.807, 2.05) is 13.8 Å². The number of carbonyl (C=O) groups excluding carboxylic acids is 1. The predicted molar refractivity (Wildman–Crippen MR) is 95.5 cm³/mol. The summed E-state index contributed by atoms with van der Waals surface area (Å²) >= 11 is 0. The molecule has 1 heterocycles. The minimum atomic E-state index is -1.01. The first kappa shape index (κ1) is 19.2. The average molecular weight is 349 g/mol. The highest BCUT2D eigenvalue weighted by Gasteiger charge is 2.47. The van der Waals surface area contributed by atoms with E-state index in [1.54, 1.807) is 38.0 Å². The topological polar surface area (TPSA) is 76.1 Å². The summed E-state index contributed by atoms with van der Waals surface area (Å²) in [5.74, 6) is -0.601. The number of amides is 1. The number of nitrogens with zero attached hydrogens (tertiary/aromatic N) is 1. The number of ether oxygens (including phenoxy) is 2. The van der Waals surface area contributed by atoms with Gasteiger partial charge < -0.3 is 19.5 Å². The van der Waals surface area contributed by atoms with Crippen LogP contribution >= 0.6 is 0 Å². The number of unbranched alkanes of at least 4 members (excludes halogenated alkanes) is 1. The van der Waals surface area contributed by atoms with Crippen molar-refractivity contribution in [1.29, 1.82) is 0 Å². The average Bonchev–Trinajstić information content (AvgIpc) is 2.54. The first-order chi connectivity index (χ1) is 11.7. The molecule has 1 aliphatic heterocycles. The number of hydrogen-bond donors (Lipinski definition) is 1. The van der Waals surface area contributed by atoms with Crippen molar-refractivity contribution in [2.45, 2.75) is 46.1 Å². The molecule has 0 aliphatic carbocycles. The maximum atomic E-state index is 13.1. The zero-order valence-corrected chi connectivity index (χ0v) is 15.6. The van der Waals surface area contributed by atoms with Crippen LogP contribution in [-0.4, -0.2) is 42.8 Å². The van der Waals surface area contributed by atoms with Gasteiger partial charge in [0, 0.05) is 26.2 Å². The Balaban J connectivity index is 2.46. The van der Waals surface area contributed by atoms with E-state index in [0.717, 1.165) is 12.8 Å². The summed E-state index contributed by atoms with van der Waals surface area (Å²) < 4.78 is 11.1. The minimum Gasteiger partial charge on any atom is -0.478 e. The second kappa shape index (κ2) is 7.44. The SMILES string of the molecule is COCCCCN1C(=O)[C@@](C)(C(C)C)Oc2cc(C)c(C(=O)O)cc21. The van der Waals surface area contributed by atoms with Crippen molar-refractivity contribution in [3.8, 4) is 5.75 Å². The van der Waals surface area contributed by atoms with Crippen LogP contribution in [-0.2, 0) is 9.53 Å². The molecule has 0 radical (unpaired) electrons. The lowest BCUT2D eigenvalue weighted by atomic mass is 9.88. The Labute approximate surface area is 148 Å². The normalized spacial score (nSPS) is 19.8. The van der Waals surface area contributed by atoms with Crippen molar-refractivity contribution < 1.29 is 24.2 Å². The molecule has 0 spiro atoms. The van der Waals surface area contributed by atoms with Crippen LogP contribution in [0.4, 0.5) is 5.69 Å². The summed E-state index contributed by atoms with van der Waals surface area (Å²) in [5, 5.41) is 9.40. The molecule has 0 fully saturated rings. The molecule has 138 valence electrons. The van der Waals surface area contributed by atoms with Crippen LogP contribution in [0.3, 0.4) is 0 Å². The molecule has 1 aliphatic rings. The first-order valence-corrected chi connectivity index (χ1v) is 8.60. The Morgan fingerprint density at radius 2 is 2.04 bits per heavy atom. The molecule has 6 heteroatoms. The highest BCUT2D eigenvalue weighted by atomic mass is 16.5. The molecule has 0 saturated carbocycles. The van der Waals surface area contributed by atoms with Gasteiger partial charge in [0.2, 0.25) is 0 Å². The molecule has 1 N–H and O–H groups in total. The number of benzene rings is 1. The molecule has 6 nitrogen and oxygen atoms in total. The van der Waals surface area contributed by atoms with Crippen LogP contribution in [0.5, 0.6) is 5.75 Å². The molecule has 1 atom stereocenters.